The minimum Gasteiger partial charge on any atom is -0.348 e. The second-order valence-corrected chi connectivity index (χ2v) is 5.35. The molecule has 1 heterocycles. The van der Waals surface area contributed by atoms with Gasteiger partial charge in [-0.05, 0) is 38.8 Å². The summed E-state index contributed by atoms with van der Waals surface area (Å²) < 4.78 is 14.0. The fourth-order valence-electron chi connectivity index (χ4n) is 2.51. The lowest BCUT2D eigenvalue weighted by molar-refractivity contribution is -0.385. The van der Waals surface area contributed by atoms with E-state index in [0.717, 1.165) is 31.5 Å². The number of benzene rings is 1. The van der Waals surface area contributed by atoms with Gasteiger partial charge in [-0.2, -0.15) is 0 Å². The number of carbonyl (C=O) groups excluding carboxylic acids is 1. The van der Waals surface area contributed by atoms with Gasteiger partial charge in [-0.25, -0.2) is 4.39 Å². The van der Waals surface area contributed by atoms with Crippen molar-refractivity contribution in [3.8, 4) is 0 Å². The van der Waals surface area contributed by atoms with Crippen molar-refractivity contribution in [2.45, 2.75) is 38.8 Å². The fraction of sp³-hybridized carbons (Fsp3) is 0.500. The molecule has 0 spiro atoms. The molecule has 6 nitrogen and oxygen atoms in total. The van der Waals surface area contributed by atoms with Crippen LogP contribution in [-0.4, -0.2) is 29.5 Å². The highest BCUT2D eigenvalue weighted by molar-refractivity contribution is 5.95. The van der Waals surface area contributed by atoms with Crippen molar-refractivity contribution in [2.75, 3.05) is 6.54 Å². The van der Waals surface area contributed by atoms with Gasteiger partial charge in [-0.15, -0.1) is 0 Å². The Kier molecular flexibility index (Phi) is 4.52. The quantitative estimate of drug-likeness (QED) is 0.659. The minimum absolute atomic E-state index is 0.0872. The van der Waals surface area contributed by atoms with E-state index in [2.05, 4.69) is 10.6 Å². The number of halogens is 1. The Balaban J connectivity index is 2.24. The van der Waals surface area contributed by atoms with Gasteiger partial charge in [0.05, 0.1) is 10.5 Å². The molecule has 1 aliphatic heterocycles. The van der Waals surface area contributed by atoms with Crippen molar-refractivity contribution >= 4 is 11.6 Å². The summed E-state index contributed by atoms with van der Waals surface area (Å²) in [5.74, 6) is -1.32. The summed E-state index contributed by atoms with van der Waals surface area (Å²) in [6.45, 7) is 4.24. The van der Waals surface area contributed by atoms with E-state index < -0.39 is 16.6 Å². The second kappa shape index (κ2) is 6.17. The van der Waals surface area contributed by atoms with Crippen molar-refractivity contribution in [3.05, 3.63) is 39.2 Å². The van der Waals surface area contributed by atoms with E-state index in [1.807, 2.05) is 6.92 Å². The number of hydrogen-bond acceptors (Lipinski definition) is 4. The molecule has 0 saturated carbocycles. The maximum atomic E-state index is 14.0. The standard InChI is InChI=1S/C14H18FN3O3/c1-8-6-10(18(20)21)7-11(13(8)15)14(19)17-12-4-3-5-16-9(12)2/h6-7,9,12,16H,3-5H2,1-2H3,(H,17,19). The van der Waals surface area contributed by atoms with Crippen LogP contribution in [0.1, 0.15) is 35.7 Å². The number of rotatable bonds is 3. The molecule has 2 rings (SSSR count). The third-order valence-electron chi connectivity index (χ3n) is 3.77. The van der Waals surface area contributed by atoms with Crippen molar-refractivity contribution in [2.24, 2.45) is 0 Å². The van der Waals surface area contributed by atoms with E-state index in [1.54, 1.807) is 0 Å². The van der Waals surface area contributed by atoms with Gasteiger partial charge < -0.3 is 10.6 Å². The molecule has 7 heteroatoms. The van der Waals surface area contributed by atoms with Gasteiger partial charge in [0.2, 0.25) is 0 Å². The number of carbonyl (C=O) groups is 1. The first-order chi connectivity index (χ1) is 9.90. The number of nitro groups is 1. The van der Waals surface area contributed by atoms with Crippen LogP contribution in [0.2, 0.25) is 0 Å². The van der Waals surface area contributed by atoms with Crippen LogP contribution in [0.3, 0.4) is 0 Å². The second-order valence-electron chi connectivity index (χ2n) is 5.35. The van der Waals surface area contributed by atoms with Crippen molar-refractivity contribution in [1.82, 2.24) is 10.6 Å². The number of nitro benzene ring substituents is 1. The van der Waals surface area contributed by atoms with Gasteiger partial charge in [0.15, 0.2) is 0 Å². The number of nitrogens with zero attached hydrogens (tertiary/aromatic N) is 1. The van der Waals surface area contributed by atoms with Crippen molar-refractivity contribution in [3.63, 3.8) is 0 Å². The molecule has 2 atom stereocenters. The number of nitrogens with one attached hydrogen (secondary N) is 2. The minimum atomic E-state index is -0.713. The number of piperidine rings is 1. The lowest BCUT2D eigenvalue weighted by Crippen LogP contribution is -2.52. The number of hydrogen-bond donors (Lipinski definition) is 2. The molecule has 2 N–H and O–H groups in total. The molecule has 1 aliphatic rings. The summed E-state index contributed by atoms with van der Waals surface area (Å²) in [7, 11) is 0. The zero-order chi connectivity index (χ0) is 15.6. The van der Waals surface area contributed by atoms with Crippen LogP contribution in [0.15, 0.2) is 12.1 Å². The van der Waals surface area contributed by atoms with E-state index in [4.69, 9.17) is 0 Å². The Hall–Kier alpha value is -2.02. The van der Waals surface area contributed by atoms with Gasteiger partial charge in [-0.1, -0.05) is 0 Å². The van der Waals surface area contributed by atoms with Gasteiger partial charge in [0.1, 0.15) is 5.82 Å². The third-order valence-corrected chi connectivity index (χ3v) is 3.77. The Morgan fingerprint density at radius 2 is 2.24 bits per heavy atom. The zero-order valence-corrected chi connectivity index (χ0v) is 12.0. The fourth-order valence-corrected chi connectivity index (χ4v) is 2.51. The number of aryl methyl sites for hydroxylation is 1. The zero-order valence-electron chi connectivity index (χ0n) is 12.0. The van der Waals surface area contributed by atoms with Gasteiger partial charge in [0.25, 0.3) is 11.6 Å². The molecule has 1 aromatic rings. The first-order valence-corrected chi connectivity index (χ1v) is 6.89. The predicted octanol–water partition coefficient (Wildman–Crippen LogP) is 1.91. The largest absolute Gasteiger partial charge is 0.348 e. The monoisotopic (exact) mass is 295 g/mol. The van der Waals surface area contributed by atoms with Crippen LogP contribution in [0.5, 0.6) is 0 Å². The van der Waals surface area contributed by atoms with Gasteiger partial charge in [-0.3, -0.25) is 14.9 Å². The first-order valence-electron chi connectivity index (χ1n) is 6.89. The topological polar surface area (TPSA) is 84.3 Å². The average molecular weight is 295 g/mol. The predicted molar refractivity (Wildman–Crippen MR) is 75.7 cm³/mol. The lowest BCUT2D eigenvalue weighted by Gasteiger charge is -2.30. The van der Waals surface area contributed by atoms with Crippen LogP contribution < -0.4 is 10.6 Å². The summed E-state index contributed by atoms with van der Waals surface area (Å²) in [6, 6.07) is 2.09. The third kappa shape index (κ3) is 3.36. The summed E-state index contributed by atoms with van der Waals surface area (Å²) in [5.41, 5.74) is -0.475. The number of non-ortho nitro benzene ring substituents is 1. The SMILES string of the molecule is Cc1cc([N+](=O)[O-])cc(C(=O)NC2CCCNC2C)c1F. The van der Waals surface area contributed by atoms with Gasteiger partial charge >= 0.3 is 0 Å². The van der Waals surface area contributed by atoms with Crippen LogP contribution in [-0.2, 0) is 0 Å². The van der Waals surface area contributed by atoms with Crippen LogP contribution in [0.4, 0.5) is 10.1 Å². The molecule has 1 saturated heterocycles. The molecule has 21 heavy (non-hydrogen) atoms. The maximum absolute atomic E-state index is 14.0. The average Bonchev–Trinajstić information content (AvgIpc) is 2.43. The van der Waals surface area contributed by atoms with E-state index in [1.165, 1.54) is 6.92 Å². The molecule has 0 aliphatic carbocycles. The van der Waals surface area contributed by atoms with E-state index in [9.17, 15) is 19.3 Å². The summed E-state index contributed by atoms with van der Waals surface area (Å²) in [5, 5.41) is 16.8. The molecule has 0 bridgehead atoms. The summed E-state index contributed by atoms with van der Waals surface area (Å²) in [4.78, 5) is 22.4. The highest BCUT2D eigenvalue weighted by Gasteiger charge is 2.25. The van der Waals surface area contributed by atoms with Crippen LogP contribution in [0, 0.1) is 22.9 Å². The van der Waals surface area contributed by atoms with Crippen LogP contribution >= 0.6 is 0 Å². The normalized spacial score (nSPS) is 21.9. The highest BCUT2D eigenvalue weighted by Crippen LogP contribution is 2.21. The molecule has 1 amide bonds. The Bertz CT molecular complexity index is 577. The molecule has 2 unspecified atom stereocenters. The number of amides is 1. The van der Waals surface area contributed by atoms with Crippen molar-refractivity contribution in [1.29, 1.82) is 0 Å². The molecule has 1 aromatic carbocycles. The molecular weight excluding hydrogens is 277 g/mol. The molecular formula is C14H18FN3O3. The summed E-state index contributed by atoms with van der Waals surface area (Å²) >= 11 is 0. The molecule has 114 valence electrons. The Labute approximate surface area is 121 Å². The van der Waals surface area contributed by atoms with E-state index in [0.29, 0.717) is 0 Å². The lowest BCUT2D eigenvalue weighted by atomic mass is 9.99. The summed E-state index contributed by atoms with van der Waals surface area (Å²) in [6.07, 6.45) is 1.72. The molecule has 1 fully saturated rings. The van der Waals surface area contributed by atoms with Gasteiger partial charge in [0, 0.05) is 24.2 Å². The Morgan fingerprint density at radius 3 is 2.86 bits per heavy atom. The van der Waals surface area contributed by atoms with Crippen molar-refractivity contribution < 1.29 is 14.1 Å². The highest BCUT2D eigenvalue weighted by atomic mass is 19.1. The van der Waals surface area contributed by atoms with E-state index in [-0.39, 0.29) is 28.9 Å². The smallest absolute Gasteiger partial charge is 0.270 e. The molecule has 0 aromatic heterocycles. The maximum Gasteiger partial charge on any atom is 0.270 e. The van der Waals surface area contributed by atoms with E-state index >= 15 is 0 Å². The van der Waals surface area contributed by atoms with Crippen LogP contribution in [0.25, 0.3) is 0 Å². The molecule has 0 radical (unpaired) electrons. The Morgan fingerprint density at radius 1 is 1.52 bits per heavy atom. The first kappa shape index (κ1) is 15.4.